The molecule has 12 atom stereocenters. The van der Waals surface area contributed by atoms with Gasteiger partial charge in [0.1, 0.15) is 11.2 Å². The molecule has 684 valence electrons. The Bertz CT molecular complexity index is 4440. The van der Waals surface area contributed by atoms with Crippen LogP contribution >= 0.6 is 24.0 Å². The van der Waals surface area contributed by atoms with Gasteiger partial charge in [0, 0.05) is 85.6 Å². The Kier molecular flexibility index (Phi) is 38.4. The minimum Gasteiger partial charge on any atom is -0.481 e. The van der Waals surface area contributed by atoms with Crippen molar-refractivity contribution in [2.45, 2.75) is 376 Å². The van der Waals surface area contributed by atoms with Crippen molar-refractivity contribution in [3.05, 3.63) is 109 Å². The van der Waals surface area contributed by atoms with Crippen molar-refractivity contribution >= 4 is 86.7 Å². The molecule has 6 aliphatic heterocycles. The molecule has 27 heteroatoms. The number of aliphatic hydroxyl groups is 3. The maximum absolute atomic E-state index is 13.9. The molecule has 8 N–H and O–H groups in total. The summed E-state index contributed by atoms with van der Waals surface area (Å²) in [4.78, 5) is 98.0. The van der Waals surface area contributed by atoms with Crippen molar-refractivity contribution in [3.8, 4) is 0 Å². The Morgan fingerprint density at radius 1 is 0.423 bits per heavy atom. The lowest BCUT2D eigenvalue weighted by Gasteiger charge is -2.45. The molecule has 9 heterocycles. The van der Waals surface area contributed by atoms with Crippen molar-refractivity contribution in [3.63, 3.8) is 0 Å². The number of rotatable bonds is 25. The highest BCUT2D eigenvalue weighted by Gasteiger charge is 2.48. The van der Waals surface area contributed by atoms with E-state index in [1.54, 1.807) is 0 Å². The molecule has 15 rings (SSSR count). The van der Waals surface area contributed by atoms with Crippen LogP contribution in [0, 0.1) is 17.8 Å². The van der Waals surface area contributed by atoms with E-state index in [-0.39, 0.29) is 84.1 Å². The summed E-state index contributed by atoms with van der Waals surface area (Å²) in [7, 11) is 0.500. The van der Waals surface area contributed by atoms with E-state index < -0.39 is 34.9 Å². The first-order valence-electron chi connectivity index (χ1n) is 47.0. The summed E-state index contributed by atoms with van der Waals surface area (Å²) < 4.78 is 26.1. The first-order chi connectivity index (χ1) is 58.9. The van der Waals surface area contributed by atoms with Crippen LogP contribution in [-0.4, -0.2) is 194 Å². The second-order valence-electron chi connectivity index (χ2n) is 38.3. The third-order valence-corrected chi connectivity index (χ3v) is 27.8. The number of hydrogen-bond donors (Lipinski definition) is 7. The number of anilines is 2. The van der Waals surface area contributed by atoms with E-state index in [1.165, 1.54) is 173 Å². The Labute approximate surface area is 739 Å². The molecule has 0 amide bonds. The number of halogens is 3. The topological polar surface area (TPSA) is 315 Å². The number of nitrogens with zero attached hydrogens (tertiary/aromatic N) is 9. The van der Waals surface area contributed by atoms with Gasteiger partial charge in [0.05, 0.1) is 77.9 Å². The number of piperidine rings is 3. The zero-order valence-corrected chi connectivity index (χ0v) is 76.3. The van der Waals surface area contributed by atoms with Crippen LogP contribution in [0.3, 0.4) is 0 Å². The molecule has 3 aliphatic carbocycles. The Morgan fingerprint density at radius 3 is 0.992 bits per heavy atom. The maximum atomic E-state index is 13.9. The summed E-state index contributed by atoms with van der Waals surface area (Å²) in [6, 6.07) is 30.0. The van der Waals surface area contributed by atoms with Crippen molar-refractivity contribution < 1.29 is 48.7 Å². The van der Waals surface area contributed by atoms with Gasteiger partial charge in [-0.1, -0.05) is 144 Å². The second kappa shape index (κ2) is 47.9. The number of benzene rings is 3. The maximum Gasteiger partial charge on any atom is 0.311 e. The number of nitrogens with one attached hydrogen (secondary N) is 2. The van der Waals surface area contributed by atoms with Gasteiger partial charge in [0.25, 0.3) is 16.7 Å². The lowest BCUT2D eigenvalue weighted by atomic mass is 9.89. The number of hydrogen-bond acceptors (Lipinski definition) is 20. The number of carbonyl (C=O) groups is 3. The van der Waals surface area contributed by atoms with Crippen molar-refractivity contribution in [1.82, 2.24) is 43.4 Å². The zero-order valence-electron chi connectivity index (χ0n) is 74.7. The van der Waals surface area contributed by atoms with Gasteiger partial charge in [-0.2, -0.15) is 0 Å². The van der Waals surface area contributed by atoms with Crippen LogP contribution in [-0.2, 0) is 23.9 Å². The smallest absolute Gasteiger partial charge is 0.311 e. The molecular weight excluding hydrogens is 1600 g/mol. The quantitative estimate of drug-likeness (QED) is 0.0207. The fraction of sp³-hybridized carbons (Fsp3) is 0.719. The molecule has 3 saturated carbocycles. The fourth-order valence-electron chi connectivity index (χ4n) is 22.0. The Balaban J connectivity index is 0.000000179. The number of aliphatic carboxylic acids is 1. The van der Waals surface area contributed by atoms with Crippen molar-refractivity contribution in [1.29, 1.82) is 0 Å². The van der Waals surface area contributed by atoms with Gasteiger partial charge in [-0.15, -0.1) is 12.4 Å². The molecular formula is C96H147Cl2FN12O12. The monoisotopic (exact) mass is 1750 g/mol. The number of nitrogens with two attached hydrogens (primary N) is 1. The van der Waals surface area contributed by atoms with Crippen LogP contribution in [0.1, 0.15) is 310 Å². The number of aliphatic hydroxyl groups excluding tert-OH is 3. The molecule has 3 aromatic carbocycles. The molecule has 6 saturated heterocycles. The molecule has 0 spiro atoms. The van der Waals surface area contributed by atoms with E-state index in [1.807, 2.05) is 128 Å². The molecule has 123 heavy (non-hydrogen) atoms. The minimum atomic E-state index is -0.992. The lowest BCUT2D eigenvalue weighted by Crippen LogP contribution is -2.50. The first-order valence-corrected chi connectivity index (χ1v) is 47.4. The molecule has 3 aromatic heterocycles. The molecule has 4 unspecified atom stereocenters. The van der Waals surface area contributed by atoms with Crippen molar-refractivity contribution in [2.75, 3.05) is 57.3 Å². The summed E-state index contributed by atoms with van der Waals surface area (Å²) in [6.45, 7) is 11.6. The third-order valence-electron chi connectivity index (χ3n) is 27.5. The van der Waals surface area contributed by atoms with Crippen LogP contribution in [0.2, 0.25) is 5.15 Å². The van der Waals surface area contributed by atoms with Crippen LogP contribution in [0.15, 0.2) is 87.2 Å². The fourth-order valence-corrected chi connectivity index (χ4v) is 22.2. The van der Waals surface area contributed by atoms with E-state index in [0.29, 0.717) is 119 Å². The number of para-hydroxylation sites is 6. The van der Waals surface area contributed by atoms with E-state index in [2.05, 4.69) is 35.3 Å². The molecule has 9 aliphatic rings. The minimum absolute atomic E-state index is 0. The molecule has 6 aromatic rings. The van der Waals surface area contributed by atoms with E-state index in [0.717, 1.165) is 84.1 Å². The Hall–Kier alpha value is -6.68. The number of carbonyl (C=O) groups excluding carboxylic acids is 2. The van der Waals surface area contributed by atoms with Gasteiger partial charge in [-0.05, 0) is 239 Å². The normalized spacial score (nSPS) is 24.5. The molecule has 0 radical (unpaired) electrons. The predicted molar refractivity (Wildman–Crippen MR) is 491 cm³/mol. The van der Waals surface area contributed by atoms with Gasteiger partial charge < -0.3 is 60.0 Å². The lowest BCUT2D eigenvalue weighted by molar-refractivity contribution is -0.162. The number of carboxylic acid groups (broad SMARTS) is 1. The standard InChI is InChI=1S/C33H50N4O4.C29H42N4O4.C23H30ClN3O.C10H21NO3.CH3F.ClH/c1-33(2,3)41-32(40)23(22-38)12-11-19-34-30-31(39)37(29-16-10-9-15-28(29)35-30)27-20-25-17-18-26(21-27)36(25)24-13-7-5-4-6-8-14-24;34-19-20(29(36)37)9-8-16-30-27-28(35)33(26-13-7-6-12-25(26)31-27)24-17-22-14-15-23(18-24)32(22)21-10-4-2-1-3-5-11-21;24-22-23(28)27(21-11-7-6-10-20(21)25-22)19-14-17-12-13-18(15-19)26(17)16-8-4-2-1-3-5-9-16;1-10(2,3)14-9(13)8(7-12)5-4-6-11;1-2;/h9-10,15-16,23-27,38H,4-8,11-14,17-22H2,1-3H3,(H,34,35);6-7,12-13,20-24,34H,1-5,8-11,14-19H2,(H,30,31)(H,36,37);6-7,10-11,16-19H,1-5,8-9,12-15H2;8,12H,4-7,11H2,1-3H3;1H3;1H/t23-,25-,26+,27?;20?,22-,23+,24?;17-,18+,19?;8-;;/m0..0../s1. The first kappa shape index (κ1) is 98.5. The number of alkyl halides is 1. The number of carboxylic acids is 1. The number of aromatic nitrogens is 6. The summed E-state index contributed by atoms with van der Waals surface area (Å²) in [5.74, 6) is -2.79. The highest BCUT2D eigenvalue weighted by molar-refractivity contribution is 6.29. The highest BCUT2D eigenvalue weighted by atomic mass is 35.5. The Morgan fingerprint density at radius 2 is 0.699 bits per heavy atom. The predicted octanol–water partition coefficient (Wildman–Crippen LogP) is 17.4. The highest BCUT2D eigenvalue weighted by Crippen LogP contribution is 2.48. The van der Waals surface area contributed by atoms with Gasteiger partial charge >= 0.3 is 17.9 Å². The van der Waals surface area contributed by atoms with Gasteiger partial charge in [-0.25, -0.2) is 15.0 Å². The largest absolute Gasteiger partial charge is 0.481 e. The number of ether oxygens (including phenoxy) is 2. The van der Waals surface area contributed by atoms with E-state index >= 15 is 0 Å². The third kappa shape index (κ3) is 26.3. The molecule has 24 nitrogen and oxygen atoms in total. The average Bonchev–Trinajstić information content (AvgIpc) is 1.70. The van der Waals surface area contributed by atoms with Crippen molar-refractivity contribution in [2.24, 2.45) is 23.5 Å². The average molecular weight is 1750 g/mol. The zero-order chi connectivity index (χ0) is 87.0. The van der Waals surface area contributed by atoms with Crippen LogP contribution in [0.25, 0.3) is 33.1 Å². The van der Waals surface area contributed by atoms with Crippen LogP contribution in [0.4, 0.5) is 16.0 Å². The van der Waals surface area contributed by atoms with Crippen LogP contribution in [0.5, 0.6) is 0 Å². The van der Waals surface area contributed by atoms with Crippen LogP contribution < -0.4 is 33.0 Å². The van der Waals surface area contributed by atoms with Gasteiger partial charge in [-0.3, -0.25) is 47.9 Å². The summed E-state index contributed by atoms with van der Waals surface area (Å²) >= 11 is 6.23. The summed E-state index contributed by atoms with van der Waals surface area (Å²) in [5, 5.41) is 43.7. The number of fused-ring (bicyclic) bond motifs is 9. The SMILES string of the molecule is CC(C)(C)OC(=O)[C@H](CO)CCCN.CC(C)(C)OC(=O)[C@H](CO)CCCNc1nc2ccccc2n(C2C[C@H]3CC[C@@H](C2)N3C2CCCCCCC2)c1=O.CF.Cl.O=C(O)C(CO)CCCNc1nc2ccccc2n(C2C[C@H]3CC[C@@H](C2)N3C2CCCCCCC2)c1=O.O=c1c(Cl)nc2ccccc2n1C1C[C@H]2CC[C@@H](C1)N2C1CCCCCCC1. The van der Waals surface area contributed by atoms with E-state index in [9.17, 15) is 43.4 Å². The molecule has 6 bridgehead atoms. The van der Waals surface area contributed by atoms with E-state index in [4.69, 9.17) is 42.0 Å². The summed E-state index contributed by atoms with van der Waals surface area (Å²) in [5.41, 5.74) is 9.17. The van der Waals surface area contributed by atoms with Gasteiger partial charge in [0.2, 0.25) is 0 Å². The number of esters is 2. The summed E-state index contributed by atoms with van der Waals surface area (Å²) in [6.07, 6.45) is 45.7. The molecule has 9 fully saturated rings. The van der Waals surface area contributed by atoms with Gasteiger partial charge in [0.15, 0.2) is 16.8 Å². The second-order valence-corrected chi connectivity index (χ2v) is 38.7.